The Balaban J connectivity index is 3.36. The first-order valence-corrected chi connectivity index (χ1v) is 5.94. The quantitative estimate of drug-likeness (QED) is 0.841. The van der Waals surface area contributed by atoms with Crippen molar-refractivity contribution in [3.63, 3.8) is 0 Å². The number of aromatic hydroxyl groups is 1. The van der Waals surface area contributed by atoms with Gasteiger partial charge in [0, 0.05) is 10.7 Å². The van der Waals surface area contributed by atoms with Gasteiger partial charge in [0.25, 0.3) is 9.05 Å². The maximum atomic E-state index is 11.9. The molecule has 90 valence electrons. The lowest BCUT2D eigenvalue weighted by atomic mass is 10.3. The second kappa shape index (κ2) is 4.02. The van der Waals surface area contributed by atoms with Crippen LogP contribution in [0.25, 0.3) is 0 Å². The molecule has 0 heterocycles. The standard InChI is InChI=1S/C7H4ClF3O4S/c8-16(13,14)6-4(12)2-1-3-5(6)15-7(9,10)11/h1-3,12H. The number of hydrogen-bond acceptors (Lipinski definition) is 4. The van der Waals surface area contributed by atoms with Crippen LogP contribution in [0.4, 0.5) is 13.2 Å². The van der Waals surface area contributed by atoms with Crippen LogP contribution in [0.3, 0.4) is 0 Å². The Labute approximate surface area is 92.6 Å². The van der Waals surface area contributed by atoms with Crippen LogP contribution in [0, 0.1) is 0 Å². The Bertz CT molecular complexity index is 497. The predicted octanol–water partition coefficient (Wildman–Crippen LogP) is 2.22. The molecule has 0 bridgehead atoms. The van der Waals surface area contributed by atoms with Crippen molar-refractivity contribution in [1.29, 1.82) is 0 Å². The topological polar surface area (TPSA) is 63.6 Å². The highest BCUT2D eigenvalue weighted by Gasteiger charge is 2.34. The summed E-state index contributed by atoms with van der Waals surface area (Å²) < 4.78 is 61.0. The van der Waals surface area contributed by atoms with Crippen LogP contribution in [0.1, 0.15) is 0 Å². The van der Waals surface area contributed by atoms with Gasteiger partial charge in [-0.15, -0.1) is 13.2 Å². The molecule has 16 heavy (non-hydrogen) atoms. The molecule has 1 aromatic carbocycles. The second-order valence-electron chi connectivity index (χ2n) is 2.59. The van der Waals surface area contributed by atoms with Crippen LogP contribution in [0.2, 0.25) is 0 Å². The highest BCUT2D eigenvalue weighted by atomic mass is 35.7. The van der Waals surface area contributed by atoms with E-state index in [0.29, 0.717) is 0 Å². The summed E-state index contributed by atoms with van der Waals surface area (Å²) in [5, 5.41) is 9.11. The second-order valence-corrected chi connectivity index (χ2v) is 5.09. The molecule has 1 rings (SSSR count). The maximum absolute atomic E-state index is 11.9. The monoisotopic (exact) mass is 276 g/mol. The summed E-state index contributed by atoms with van der Waals surface area (Å²) in [5.74, 6) is -2.00. The van der Waals surface area contributed by atoms with Gasteiger partial charge in [0.2, 0.25) is 0 Å². The first-order valence-electron chi connectivity index (χ1n) is 3.63. The molecule has 0 atom stereocenters. The molecule has 0 amide bonds. The Morgan fingerprint density at radius 1 is 1.31 bits per heavy atom. The first kappa shape index (κ1) is 12.9. The van der Waals surface area contributed by atoms with Crippen molar-refractivity contribution in [2.24, 2.45) is 0 Å². The fourth-order valence-electron chi connectivity index (χ4n) is 0.954. The van der Waals surface area contributed by atoms with Crippen molar-refractivity contribution in [2.45, 2.75) is 11.3 Å². The molecule has 0 unspecified atom stereocenters. The molecular weight excluding hydrogens is 273 g/mol. The molecule has 0 aliphatic carbocycles. The van der Waals surface area contributed by atoms with E-state index in [9.17, 15) is 21.6 Å². The highest BCUT2D eigenvalue weighted by Crippen LogP contribution is 2.37. The van der Waals surface area contributed by atoms with E-state index in [1.807, 2.05) is 0 Å². The van der Waals surface area contributed by atoms with Crippen LogP contribution >= 0.6 is 10.7 Å². The number of rotatable bonds is 2. The number of phenolic OH excluding ortho intramolecular Hbond substituents is 1. The van der Waals surface area contributed by atoms with E-state index in [2.05, 4.69) is 4.74 Å². The SMILES string of the molecule is O=S(=O)(Cl)c1c(O)cccc1OC(F)(F)F. The number of phenols is 1. The van der Waals surface area contributed by atoms with E-state index >= 15 is 0 Å². The minimum absolute atomic E-state index is 0.725. The summed E-state index contributed by atoms with van der Waals surface area (Å²) in [6, 6.07) is 2.59. The van der Waals surface area contributed by atoms with E-state index in [0.717, 1.165) is 18.2 Å². The van der Waals surface area contributed by atoms with Crippen LogP contribution in [0.15, 0.2) is 23.1 Å². The molecule has 0 saturated carbocycles. The Morgan fingerprint density at radius 2 is 1.88 bits per heavy atom. The Morgan fingerprint density at radius 3 is 2.31 bits per heavy atom. The van der Waals surface area contributed by atoms with Crippen molar-refractivity contribution >= 4 is 19.7 Å². The normalized spacial score (nSPS) is 12.5. The third kappa shape index (κ3) is 3.17. The summed E-state index contributed by atoms with van der Waals surface area (Å²) in [5.41, 5.74) is 0. The lowest BCUT2D eigenvalue weighted by molar-refractivity contribution is -0.275. The minimum Gasteiger partial charge on any atom is -0.506 e. The fraction of sp³-hybridized carbons (Fsp3) is 0.143. The van der Waals surface area contributed by atoms with Crippen LogP contribution in [-0.4, -0.2) is 19.9 Å². The predicted molar refractivity (Wildman–Crippen MR) is 47.8 cm³/mol. The molecule has 1 aromatic rings. The number of alkyl halides is 3. The number of hydrogen-bond donors (Lipinski definition) is 1. The van der Waals surface area contributed by atoms with E-state index in [1.165, 1.54) is 0 Å². The summed E-state index contributed by atoms with van der Waals surface area (Å²) in [7, 11) is 0.323. The maximum Gasteiger partial charge on any atom is 0.573 e. The summed E-state index contributed by atoms with van der Waals surface area (Å²) in [6.45, 7) is 0. The van der Waals surface area contributed by atoms with E-state index < -0.39 is 31.8 Å². The van der Waals surface area contributed by atoms with E-state index in [4.69, 9.17) is 15.8 Å². The molecule has 0 aliphatic heterocycles. The van der Waals surface area contributed by atoms with Crippen LogP contribution in [-0.2, 0) is 9.05 Å². The molecule has 1 N–H and O–H groups in total. The number of ether oxygens (including phenoxy) is 1. The molecule has 0 saturated heterocycles. The Kier molecular flexibility index (Phi) is 3.25. The zero-order chi connectivity index (χ0) is 12.6. The first-order chi connectivity index (χ1) is 7.11. The molecule has 0 aliphatic rings. The molecule has 9 heteroatoms. The van der Waals surface area contributed by atoms with Crippen molar-refractivity contribution < 1.29 is 31.4 Å². The average Bonchev–Trinajstić information content (AvgIpc) is 1.97. The molecule has 0 fully saturated rings. The number of halogens is 4. The van der Waals surface area contributed by atoms with Crippen molar-refractivity contribution in [2.75, 3.05) is 0 Å². The third-order valence-electron chi connectivity index (χ3n) is 1.43. The molecule has 0 radical (unpaired) electrons. The van der Waals surface area contributed by atoms with Gasteiger partial charge in [-0.2, -0.15) is 0 Å². The van der Waals surface area contributed by atoms with Gasteiger partial charge in [-0.25, -0.2) is 8.42 Å². The van der Waals surface area contributed by atoms with Crippen molar-refractivity contribution in [1.82, 2.24) is 0 Å². The van der Waals surface area contributed by atoms with Gasteiger partial charge in [0.1, 0.15) is 5.75 Å². The summed E-state index contributed by atoms with van der Waals surface area (Å²) in [6.07, 6.45) is -5.08. The largest absolute Gasteiger partial charge is 0.573 e. The van der Waals surface area contributed by atoms with Crippen LogP contribution in [0.5, 0.6) is 11.5 Å². The van der Waals surface area contributed by atoms with Gasteiger partial charge in [-0.1, -0.05) is 6.07 Å². The zero-order valence-corrected chi connectivity index (χ0v) is 8.90. The zero-order valence-electron chi connectivity index (χ0n) is 7.32. The van der Waals surface area contributed by atoms with Gasteiger partial charge in [0.15, 0.2) is 10.6 Å². The van der Waals surface area contributed by atoms with Gasteiger partial charge >= 0.3 is 6.36 Å². The Hall–Kier alpha value is -1.15. The van der Waals surface area contributed by atoms with Crippen LogP contribution < -0.4 is 4.74 Å². The smallest absolute Gasteiger partial charge is 0.506 e. The average molecular weight is 277 g/mol. The molecule has 0 aromatic heterocycles. The lowest BCUT2D eigenvalue weighted by Crippen LogP contribution is -2.18. The third-order valence-corrected chi connectivity index (χ3v) is 2.79. The van der Waals surface area contributed by atoms with E-state index in [-0.39, 0.29) is 0 Å². The molecule has 0 spiro atoms. The molecule has 4 nitrogen and oxygen atoms in total. The van der Waals surface area contributed by atoms with Gasteiger partial charge in [-0.3, -0.25) is 0 Å². The minimum atomic E-state index is -5.08. The molecular formula is C7H4ClF3O4S. The summed E-state index contributed by atoms with van der Waals surface area (Å²) >= 11 is 0. The highest BCUT2D eigenvalue weighted by molar-refractivity contribution is 8.13. The van der Waals surface area contributed by atoms with E-state index in [1.54, 1.807) is 0 Å². The van der Waals surface area contributed by atoms with Crippen molar-refractivity contribution in [3.8, 4) is 11.5 Å². The van der Waals surface area contributed by atoms with Gasteiger partial charge in [0.05, 0.1) is 0 Å². The number of benzene rings is 1. The summed E-state index contributed by atoms with van der Waals surface area (Å²) in [4.78, 5) is -1.12. The fourth-order valence-corrected chi connectivity index (χ4v) is 2.09. The lowest BCUT2D eigenvalue weighted by Gasteiger charge is -2.12. The van der Waals surface area contributed by atoms with Crippen molar-refractivity contribution in [3.05, 3.63) is 18.2 Å². The van der Waals surface area contributed by atoms with Gasteiger partial charge in [-0.05, 0) is 12.1 Å². The van der Waals surface area contributed by atoms with Gasteiger partial charge < -0.3 is 9.84 Å².